The maximum absolute atomic E-state index is 11.7. The summed E-state index contributed by atoms with van der Waals surface area (Å²) in [5.41, 5.74) is 0. The molecule has 0 radical (unpaired) electrons. The second-order valence-electron chi connectivity index (χ2n) is 6.47. The Morgan fingerprint density at radius 2 is 1.95 bits per heavy atom. The lowest BCUT2D eigenvalue weighted by atomic mass is 9.83. The van der Waals surface area contributed by atoms with E-state index in [0.717, 1.165) is 25.8 Å². The lowest BCUT2D eigenvalue weighted by Gasteiger charge is -2.30. The third-order valence-corrected chi connectivity index (χ3v) is 6.14. The van der Waals surface area contributed by atoms with Gasteiger partial charge in [0.2, 0.25) is 0 Å². The number of hydrogen-bond acceptors (Lipinski definition) is 3. The number of hydrogen-bond donors (Lipinski definition) is 1. The van der Waals surface area contributed by atoms with E-state index in [1.807, 2.05) is 0 Å². The lowest BCUT2D eigenvalue weighted by Crippen LogP contribution is -2.35. The molecular weight excluding hydrogens is 258 g/mol. The van der Waals surface area contributed by atoms with E-state index < -0.39 is 9.84 Å². The van der Waals surface area contributed by atoms with Gasteiger partial charge in [0.05, 0.1) is 5.25 Å². The molecule has 19 heavy (non-hydrogen) atoms. The van der Waals surface area contributed by atoms with E-state index >= 15 is 0 Å². The van der Waals surface area contributed by atoms with Crippen molar-refractivity contribution in [1.82, 2.24) is 5.32 Å². The fraction of sp³-hybridized carbons (Fsp3) is 1.00. The van der Waals surface area contributed by atoms with Crippen LogP contribution in [-0.4, -0.2) is 32.5 Å². The van der Waals surface area contributed by atoms with E-state index in [2.05, 4.69) is 26.1 Å². The molecule has 0 aliphatic heterocycles. The Kier molecular flexibility index (Phi) is 6.81. The topological polar surface area (TPSA) is 46.2 Å². The Hall–Kier alpha value is -0.0900. The fourth-order valence-corrected chi connectivity index (χ4v) is 4.46. The van der Waals surface area contributed by atoms with Crippen molar-refractivity contribution >= 4 is 9.84 Å². The summed E-state index contributed by atoms with van der Waals surface area (Å²) in [6.07, 6.45) is 7.79. The van der Waals surface area contributed by atoms with Crippen LogP contribution in [0.2, 0.25) is 0 Å². The Balaban J connectivity index is 2.44. The molecule has 0 aromatic carbocycles. The summed E-state index contributed by atoms with van der Waals surface area (Å²) >= 11 is 0. The Morgan fingerprint density at radius 3 is 2.47 bits per heavy atom. The van der Waals surface area contributed by atoms with E-state index in [4.69, 9.17) is 0 Å². The van der Waals surface area contributed by atoms with Crippen LogP contribution in [0.3, 0.4) is 0 Å². The quantitative estimate of drug-likeness (QED) is 0.783. The van der Waals surface area contributed by atoms with Gasteiger partial charge in [0.15, 0.2) is 0 Å². The smallest absolute Gasteiger partial charge is 0.150 e. The molecule has 1 rings (SSSR count). The molecule has 1 fully saturated rings. The van der Waals surface area contributed by atoms with Gasteiger partial charge in [0.25, 0.3) is 0 Å². The van der Waals surface area contributed by atoms with Crippen molar-refractivity contribution in [1.29, 1.82) is 0 Å². The van der Waals surface area contributed by atoms with Crippen molar-refractivity contribution < 1.29 is 8.42 Å². The molecule has 0 bridgehead atoms. The van der Waals surface area contributed by atoms with Gasteiger partial charge < -0.3 is 5.32 Å². The lowest BCUT2D eigenvalue weighted by molar-refractivity contribution is 0.293. The summed E-state index contributed by atoms with van der Waals surface area (Å²) in [6, 6.07) is 0.573. The van der Waals surface area contributed by atoms with Crippen LogP contribution in [-0.2, 0) is 9.84 Å². The van der Waals surface area contributed by atoms with E-state index in [1.54, 1.807) is 0 Å². The first kappa shape index (κ1) is 17.0. The zero-order valence-corrected chi connectivity index (χ0v) is 13.8. The maximum Gasteiger partial charge on any atom is 0.150 e. The van der Waals surface area contributed by atoms with Crippen molar-refractivity contribution in [3.8, 4) is 0 Å². The van der Waals surface area contributed by atoms with Crippen molar-refractivity contribution in [3.05, 3.63) is 0 Å². The molecule has 3 atom stereocenters. The highest BCUT2D eigenvalue weighted by Crippen LogP contribution is 2.32. The second kappa shape index (κ2) is 7.63. The highest BCUT2D eigenvalue weighted by Gasteiger charge is 2.29. The van der Waals surface area contributed by atoms with Crippen LogP contribution in [0.1, 0.15) is 59.3 Å². The summed E-state index contributed by atoms with van der Waals surface area (Å²) in [7, 11) is -2.84. The minimum atomic E-state index is -2.84. The predicted octanol–water partition coefficient (Wildman–Crippen LogP) is 3.00. The van der Waals surface area contributed by atoms with Crippen LogP contribution in [0.4, 0.5) is 0 Å². The molecular formula is C15H31NO2S. The summed E-state index contributed by atoms with van der Waals surface area (Å²) in [5.74, 6) is 1.25. The fourth-order valence-electron chi connectivity index (χ4n) is 3.24. The van der Waals surface area contributed by atoms with Crippen LogP contribution in [0.25, 0.3) is 0 Å². The number of sulfone groups is 1. The van der Waals surface area contributed by atoms with Gasteiger partial charge in [-0.3, -0.25) is 0 Å². The zero-order chi connectivity index (χ0) is 14.5. The zero-order valence-electron chi connectivity index (χ0n) is 13.0. The van der Waals surface area contributed by atoms with Crippen molar-refractivity contribution in [2.45, 2.75) is 70.6 Å². The molecule has 3 nitrogen and oxygen atoms in total. The SMILES string of the molecule is CCNC(CCC1CCCC(S(C)(=O)=O)C1)C(C)C. The van der Waals surface area contributed by atoms with Crippen molar-refractivity contribution in [3.63, 3.8) is 0 Å². The first-order chi connectivity index (χ1) is 8.84. The van der Waals surface area contributed by atoms with Gasteiger partial charge >= 0.3 is 0 Å². The van der Waals surface area contributed by atoms with Gasteiger partial charge in [-0.05, 0) is 44.1 Å². The van der Waals surface area contributed by atoms with Crippen LogP contribution >= 0.6 is 0 Å². The predicted molar refractivity (Wildman–Crippen MR) is 82.1 cm³/mol. The maximum atomic E-state index is 11.7. The molecule has 0 aromatic heterocycles. The largest absolute Gasteiger partial charge is 0.314 e. The highest BCUT2D eigenvalue weighted by molar-refractivity contribution is 7.91. The monoisotopic (exact) mass is 289 g/mol. The molecule has 1 aliphatic rings. The second-order valence-corrected chi connectivity index (χ2v) is 8.80. The number of rotatable bonds is 7. The average molecular weight is 289 g/mol. The third kappa shape index (κ3) is 5.82. The standard InChI is InChI=1S/C15H31NO2S/c1-5-16-15(12(2)3)10-9-13-7-6-8-14(11-13)19(4,17)18/h12-16H,5-11H2,1-4H3. The molecule has 0 amide bonds. The first-order valence-electron chi connectivity index (χ1n) is 7.76. The minimum absolute atomic E-state index is 0.0807. The summed E-state index contributed by atoms with van der Waals surface area (Å²) in [4.78, 5) is 0. The Morgan fingerprint density at radius 1 is 1.26 bits per heavy atom. The summed E-state index contributed by atoms with van der Waals surface area (Å²) in [6.45, 7) is 7.68. The van der Waals surface area contributed by atoms with E-state index in [-0.39, 0.29) is 5.25 Å². The Bertz CT molecular complexity index is 351. The van der Waals surface area contributed by atoms with Gasteiger partial charge in [-0.25, -0.2) is 8.42 Å². The summed E-state index contributed by atoms with van der Waals surface area (Å²) < 4.78 is 23.3. The highest BCUT2D eigenvalue weighted by atomic mass is 32.2. The third-order valence-electron chi connectivity index (χ3n) is 4.50. The van der Waals surface area contributed by atoms with E-state index in [1.165, 1.54) is 25.5 Å². The molecule has 1 N–H and O–H groups in total. The van der Waals surface area contributed by atoms with Gasteiger partial charge in [0.1, 0.15) is 9.84 Å². The average Bonchev–Trinajstić information content (AvgIpc) is 2.33. The molecule has 1 saturated carbocycles. The number of nitrogens with one attached hydrogen (secondary N) is 1. The Labute approximate surface area is 119 Å². The van der Waals surface area contributed by atoms with Gasteiger partial charge in [-0.1, -0.05) is 33.6 Å². The van der Waals surface area contributed by atoms with Crippen LogP contribution < -0.4 is 5.32 Å². The van der Waals surface area contributed by atoms with Gasteiger partial charge in [-0.2, -0.15) is 0 Å². The molecule has 114 valence electrons. The van der Waals surface area contributed by atoms with E-state index in [9.17, 15) is 8.42 Å². The van der Waals surface area contributed by atoms with Crippen LogP contribution in [0.5, 0.6) is 0 Å². The normalized spacial score (nSPS) is 26.6. The van der Waals surface area contributed by atoms with Crippen molar-refractivity contribution in [2.75, 3.05) is 12.8 Å². The molecule has 4 heteroatoms. The van der Waals surface area contributed by atoms with Gasteiger partial charge in [0, 0.05) is 12.3 Å². The van der Waals surface area contributed by atoms with Crippen LogP contribution in [0, 0.1) is 11.8 Å². The molecule has 0 saturated heterocycles. The molecule has 1 aliphatic carbocycles. The molecule has 0 spiro atoms. The molecule has 3 unspecified atom stereocenters. The first-order valence-corrected chi connectivity index (χ1v) is 9.72. The van der Waals surface area contributed by atoms with Crippen molar-refractivity contribution in [2.24, 2.45) is 11.8 Å². The van der Waals surface area contributed by atoms with Crippen LogP contribution in [0.15, 0.2) is 0 Å². The van der Waals surface area contributed by atoms with E-state index in [0.29, 0.717) is 17.9 Å². The minimum Gasteiger partial charge on any atom is -0.314 e. The summed E-state index contributed by atoms with van der Waals surface area (Å²) in [5, 5.41) is 3.46. The molecule has 0 heterocycles. The molecule has 0 aromatic rings. The van der Waals surface area contributed by atoms with Gasteiger partial charge in [-0.15, -0.1) is 0 Å².